The van der Waals surface area contributed by atoms with Crippen LogP contribution in [0.25, 0.3) is 0 Å². The summed E-state index contributed by atoms with van der Waals surface area (Å²) in [5.41, 5.74) is 6.85. The van der Waals surface area contributed by atoms with Crippen LogP contribution in [0, 0.1) is 5.82 Å². The summed E-state index contributed by atoms with van der Waals surface area (Å²) in [5.74, 6) is 0.582. The van der Waals surface area contributed by atoms with Crippen LogP contribution < -0.4 is 16.0 Å². The number of nitrogens with two attached hydrogens (primary N) is 1. The topological polar surface area (TPSA) is 71.2 Å². The minimum Gasteiger partial charge on any atom is -0.366 e. The lowest BCUT2D eigenvalue weighted by Crippen LogP contribution is -2.24. The Morgan fingerprint density at radius 3 is 2.52 bits per heavy atom. The van der Waals surface area contributed by atoms with Gasteiger partial charge in [-0.1, -0.05) is 12.1 Å². The molecule has 1 amide bonds. The molecule has 1 aliphatic heterocycles. The largest absolute Gasteiger partial charge is 0.366 e. The lowest BCUT2D eigenvalue weighted by Gasteiger charge is -2.20. The highest BCUT2D eigenvalue weighted by molar-refractivity contribution is 5.98. The van der Waals surface area contributed by atoms with Crippen LogP contribution in [0.1, 0.15) is 28.8 Å². The summed E-state index contributed by atoms with van der Waals surface area (Å²) in [6.45, 7) is 2.30. The number of anilines is 2. The Balaban J connectivity index is 1.78. The zero-order valence-electron chi connectivity index (χ0n) is 12.8. The number of aromatic nitrogens is 1. The molecule has 0 bridgehead atoms. The highest BCUT2D eigenvalue weighted by Crippen LogP contribution is 2.24. The number of hydrogen-bond donors (Lipinski definition) is 2. The number of halogens is 1. The van der Waals surface area contributed by atoms with Crippen molar-refractivity contribution in [2.24, 2.45) is 5.73 Å². The van der Waals surface area contributed by atoms with E-state index in [0.29, 0.717) is 23.7 Å². The molecule has 5 nitrogen and oxygen atoms in total. The molecule has 120 valence electrons. The standard InChI is InChI=1S/C17H19FN4O/c18-13-5-3-12(4-6-13)11-20-15-8-7-14(16(19)23)17(21-15)22-9-1-2-10-22/h3-8H,1-2,9-11H2,(H2,19,23)(H,20,21). The van der Waals surface area contributed by atoms with Crippen LogP contribution in [0.15, 0.2) is 36.4 Å². The highest BCUT2D eigenvalue weighted by Gasteiger charge is 2.20. The van der Waals surface area contributed by atoms with Crippen LogP contribution in [0.5, 0.6) is 0 Å². The van der Waals surface area contributed by atoms with Crippen LogP contribution in [0.3, 0.4) is 0 Å². The van der Waals surface area contributed by atoms with E-state index in [1.807, 2.05) is 0 Å². The van der Waals surface area contributed by atoms with Gasteiger partial charge in [0.15, 0.2) is 0 Å². The maximum Gasteiger partial charge on any atom is 0.252 e. The van der Waals surface area contributed by atoms with E-state index < -0.39 is 5.91 Å². The summed E-state index contributed by atoms with van der Waals surface area (Å²) < 4.78 is 12.9. The Bertz CT molecular complexity index is 696. The van der Waals surface area contributed by atoms with Gasteiger partial charge in [-0.05, 0) is 42.7 Å². The summed E-state index contributed by atoms with van der Waals surface area (Å²) in [4.78, 5) is 18.2. The number of nitrogens with one attached hydrogen (secondary N) is 1. The van der Waals surface area contributed by atoms with Gasteiger partial charge in [-0.25, -0.2) is 9.37 Å². The van der Waals surface area contributed by atoms with Crippen molar-refractivity contribution in [2.45, 2.75) is 19.4 Å². The number of primary amides is 1. The SMILES string of the molecule is NC(=O)c1ccc(NCc2ccc(F)cc2)nc1N1CCCC1. The molecule has 0 unspecified atom stereocenters. The minimum atomic E-state index is -0.468. The van der Waals surface area contributed by atoms with Gasteiger partial charge in [0.1, 0.15) is 17.5 Å². The zero-order valence-corrected chi connectivity index (χ0v) is 12.8. The van der Waals surface area contributed by atoms with Crippen molar-refractivity contribution < 1.29 is 9.18 Å². The van der Waals surface area contributed by atoms with Gasteiger partial charge in [-0.3, -0.25) is 4.79 Å². The molecule has 1 fully saturated rings. The lowest BCUT2D eigenvalue weighted by atomic mass is 10.2. The Hall–Kier alpha value is -2.63. The summed E-state index contributed by atoms with van der Waals surface area (Å²) in [6.07, 6.45) is 2.18. The number of amides is 1. The smallest absolute Gasteiger partial charge is 0.252 e. The first-order valence-electron chi connectivity index (χ1n) is 7.67. The van der Waals surface area contributed by atoms with Gasteiger partial charge in [0, 0.05) is 19.6 Å². The molecule has 0 radical (unpaired) electrons. The average Bonchev–Trinajstić information content (AvgIpc) is 3.08. The quantitative estimate of drug-likeness (QED) is 0.889. The normalized spacial score (nSPS) is 14.0. The van der Waals surface area contributed by atoms with E-state index >= 15 is 0 Å². The van der Waals surface area contributed by atoms with Crippen molar-refractivity contribution in [1.82, 2.24) is 4.98 Å². The van der Waals surface area contributed by atoms with Crippen LogP contribution in [-0.2, 0) is 6.54 Å². The highest BCUT2D eigenvalue weighted by atomic mass is 19.1. The molecule has 1 aromatic heterocycles. The van der Waals surface area contributed by atoms with E-state index in [-0.39, 0.29) is 5.82 Å². The van der Waals surface area contributed by atoms with Gasteiger partial charge in [-0.15, -0.1) is 0 Å². The fourth-order valence-electron chi connectivity index (χ4n) is 2.70. The Morgan fingerprint density at radius 1 is 1.17 bits per heavy atom. The van der Waals surface area contributed by atoms with Crippen molar-refractivity contribution in [3.63, 3.8) is 0 Å². The molecule has 2 aromatic rings. The summed E-state index contributed by atoms with van der Waals surface area (Å²) >= 11 is 0. The molecule has 0 spiro atoms. The van der Waals surface area contributed by atoms with E-state index in [1.165, 1.54) is 12.1 Å². The van der Waals surface area contributed by atoms with Crippen LogP contribution >= 0.6 is 0 Å². The van der Waals surface area contributed by atoms with Crippen LogP contribution in [0.2, 0.25) is 0 Å². The molecular formula is C17H19FN4O. The Morgan fingerprint density at radius 2 is 1.87 bits per heavy atom. The third-order valence-electron chi connectivity index (χ3n) is 3.93. The van der Waals surface area contributed by atoms with Crippen molar-refractivity contribution in [1.29, 1.82) is 0 Å². The summed E-state index contributed by atoms with van der Waals surface area (Å²) in [6, 6.07) is 9.74. The number of carbonyl (C=O) groups excluding carboxylic acids is 1. The second-order valence-electron chi connectivity index (χ2n) is 5.61. The van der Waals surface area contributed by atoms with Gasteiger partial charge >= 0.3 is 0 Å². The van der Waals surface area contributed by atoms with E-state index in [1.54, 1.807) is 24.3 Å². The second kappa shape index (κ2) is 6.64. The van der Waals surface area contributed by atoms with E-state index in [2.05, 4.69) is 15.2 Å². The van der Waals surface area contributed by atoms with Crippen molar-refractivity contribution >= 4 is 17.5 Å². The van der Waals surface area contributed by atoms with Crippen molar-refractivity contribution in [3.05, 3.63) is 53.3 Å². The monoisotopic (exact) mass is 314 g/mol. The molecule has 3 rings (SSSR count). The first kappa shape index (κ1) is 15.3. The molecule has 1 aromatic carbocycles. The number of carbonyl (C=O) groups is 1. The van der Waals surface area contributed by atoms with E-state index in [4.69, 9.17) is 5.73 Å². The number of nitrogens with zero attached hydrogens (tertiary/aromatic N) is 2. The average molecular weight is 314 g/mol. The van der Waals surface area contributed by atoms with Crippen LogP contribution in [-0.4, -0.2) is 24.0 Å². The minimum absolute atomic E-state index is 0.256. The molecule has 3 N–H and O–H groups in total. The predicted molar refractivity (Wildman–Crippen MR) is 87.9 cm³/mol. The summed E-state index contributed by atoms with van der Waals surface area (Å²) in [7, 11) is 0. The summed E-state index contributed by atoms with van der Waals surface area (Å²) in [5, 5.41) is 3.20. The third kappa shape index (κ3) is 3.59. The van der Waals surface area contributed by atoms with Crippen molar-refractivity contribution in [3.8, 4) is 0 Å². The Labute approximate surface area is 134 Å². The first-order chi connectivity index (χ1) is 11.1. The molecule has 1 aliphatic rings. The van der Waals surface area contributed by atoms with Gasteiger partial charge in [0.25, 0.3) is 5.91 Å². The molecular weight excluding hydrogens is 295 g/mol. The number of hydrogen-bond acceptors (Lipinski definition) is 4. The molecule has 0 saturated carbocycles. The number of pyridine rings is 1. The lowest BCUT2D eigenvalue weighted by molar-refractivity contribution is 0.100. The maximum absolute atomic E-state index is 12.9. The number of benzene rings is 1. The second-order valence-corrected chi connectivity index (χ2v) is 5.61. The molecule has 6 heteroatoms. The first-order valence-corrected chi connectivity index (χ1v) is 7.67. The van der Waals surface area contributed by atoms with Crippen molar-refractivity contribution in [2.75, 3.05) is 23.3 Å². The molecule has 2 heterocycles. The number of rotatable bonds is 5. The van der Waals surface area contributed by atoms with Gasteiger partial charge in [0.05, 0.1) is 5.56 Å². The molecule has 23 heavy (non-hydrogen) atoms. The van der Waals surface area contributed by atoms with Gasteiger partial charge in [0.2, 0.25) is 0 Å². The maximum atomic E-state index is 12.9. The van der Waals surface area contributed by atoms with E-state index in [0.717, 1.165) is 31.5 Å². The molecule has 0 aliphatic carbocycles. The Kier molecular flexibility index (Phi) is 4.41. The van der Waals surface area contributed by atoms with Gasteiger partial charge < -0.3 is 16.0 Å². The van der Waals surface area contributed by atoms with E-state index in [9.17, 15) is 9.18 Å². The molecule has 0 atom stereocenters. The molecule has 1 saturated heterocycles. The van der Waals surface area contributed by atoms with Crippen LogP contribution in [0.4, 0.5) is 16.0 Å². The fourth-order valence-corrected chi connectivity index (χ4v) is 2.70. The van der Waals surface area contributed by atoms with Gasteiger partial charge in [-0.2, -0.15) is 0 Å². The predicted octanol–water partition coefficient (Wildman–Crippen LogP) is 2.53. The zero-order chi connectivity index (χ0) is 16.2. The fraction of sp³-hybridized carbons (Fsp3) is 0.294. The third-order valence-corrected chi connectivity index (χ3v) is 3.93.